The number of hydrogen-bond donors (Lipinski definition) is 2. The van der Waals surface area contributed by atoms with E-state index < -0.39 is 15.8 Å². The molecule has 7 heteroatoms. The van der Waals surface area contributed by atoms with Gasteiger partial charge in [-0.05, 0) is 36.4 Å². The van der Waals surface area contributed by atoms with Crippen LogP contribution in [-0.4, -0.2) is 43.2 Å². The zero-order valence-electron chi connectivity index (χ0n) is 15.0. The smallest absolute Gasteiger partial charge is 0.240 e. The molecule has 0 aliphatic carbocycles. The van der Waals surface area contributed by atoms with Crippen molar-refractivity contribution in [3.63, 3.8) is 0 Å². The highest BCUT2D eigenvalue weighted by atomic mass is 32.2. The average molecular weight is 366 g/mol. The molecule has 0 saturated heterocycles. The molecule has 0 bridgehead atoms. The third-order valence-corrected chi connectivity index (χ3v) is 5.55. The number of quaternary nitrogens is 1. The van der Waals surface area contributed by atoms with Crippen molar-refractivity contribution in [2.75, 3.05) is 39.6 Å². The molecule has 0 radical (unpaired) electrons. The summed E-state index contributed by atoms with van der Waals surface area (Å²) in [6.45, 7) is 0.253. The number of hydrogen-bond acceptors (Lipinski definition) is 3. The first-order chi connectivity index (χ1) is 11.7. The molecule has 136 valence electrons. The molecule has 0 aromatic heterocycles. The van der Waals surface area contributed by atoms with Crippen LogP contribution in [0, 0.1) is 5.82 Å². The maximum absolute atomic E-state index is 13.0. The van der Waals surface area contributed by atoms with Crippen LogP contribution in [0.1, 0.15) is 11.6 Å². The van der Waals surface area contributed by atoms with Gasteiger partial charge in [0.2, 0.25) is 10.0 Å². The molecule has 0 heterocycles. The predicted molar refractivity (Wildman–Crippen MR) is 97.9 cm³/mol. The molecule has 1 atom stereocenters. The molecule has 2 aromatic carbocycles. The summed E-state index contributed by atoms with van der Waals surface area (Å²) >= 11 is 0. The van der Waals surface area contributed by atoms with Crippen molar-refractivity contribution in [2.24, 2.45) is 0 Å². The van der Waals surface area contributed by atoms with Crippen molar-refractivity contribution >= 4 is 15.7 Å². The maximum Gasteiger partial charge on any atom is 0.240 e. The number of nitrogens with zero attached hydrogens (tertiary/aromatic N) is 1. The molecule has 0 amide bonds. The number of nitrogens with one attached hydrogen (secondary N) is 2. The Bertz CT molecular complexity index is 788. The summed E-state index contributed by atoms with van der Waals surface area (Å²) in [6, 6.07) is 12.8. The maximum atomic E-state index is 13.0. The van der Waals surface area contributed by atoms with Gasteiger partial charge in [0.1, 0.15) is 11.9 Å². The number of benzene rings is 2. The van der Waals surface area contributed by atoms with Crippen LogP contribution in [0.3, 0.4) is 0 Å². The molecule has 0 spiro atoms. The number of anilines is 1. The molecule has 0 fully saturated rings. The van der Waals surface area contributed by atoms with Gasteiger partial charge in [0, 0.05) is 25.3 Å². The van der Waals surface area contributed by atoms with Crippen molar-refractivity contribution in [2.45, 2.75) is 10.9 Å². The Morgan fingerprint density at radius 1 is 1.04 bits per heavy atom. The van der Waals surface area contributed by atoms with E-state index in [1.165, 1.54) is 12.1 Å². The lowest BCUT2D eigenvalue weighted by Crippen LogP contribution is -3.07. The van der Waals surface area contributed by atoms with Gasteiger partial charge in [-0.1, -0.05) is 12.1 Å². The van der Waals surface area contributed by atoms with Gasteiger partial charge in [0.25, 0.3) is 0 Å². The number of halogens is 1. The van der Waals surface area contributed by atoms with Gasteiger partial charge >= 0.3 is 0 Å². The molecule has 2 N–H and O–H groups in total. The highest BCUT2D eigenvalue weighted by molar-refractivity contribution is 7.89. The first-order valence-electron chi connectivity index (χ1n) is 8.03. The lowest BCUT2D eigenvalue weighted by atomic mass is 10.1. The second-order valence-corrected chi connectivity index (χ2v) is 8.19. The molecule has 25 heavy (non-hydrogen) atoms. The molecule has 0 aliphatic rings. The van der Waals surface area contributed by atoms with Crippen molar-refractivity contribution in [3.8, 4) is 0 Å². The van der Waals surface area contributed by atoms with E-state index in [1.807, 2.05) is 57.4 Å². The van der Waals surface area contributed by atoms with E-state index in [4.69, 9.17) is 0 Å². The van der Waals surface area contributed by atoms with Gasteiger partial charge in [-0.15, -0.1) is 0 Å². The number of likely N-dealkylation sites (N-methyl/N-ethyl adjacent to an activating group) is 1. The van der Waals surface area contributed by atoms with Gasteiger partial charge in [0.05, 0.1) is 25.5 Å². The van der Waals surface area contributed by atoms with E-state index in [0.717, 1.165) is 28.3 Å². The van der Waals surface area contributed by atoms with Gasteiger partial charge in [-0.25, -0.2) is 17.5 Å². The van der Waals surface area contributed by atoms with E-state index in [0.29, 0.717) is 0 Å². The molecule has 0 saturated carbocycles. The Hall–Kier alpha value is -1.96. The molecule has 0 unspecified atom stereocenters. The van der Waals surface area contributed by atoms with Crippen molar-refractivity contribution in [1.82, 2.24) is 4.72 Å². The fraction of sp³-hybridized carbons (Fsp3) is 0.333. The summed E-state index contributed by atoms with van der Waals surface area (Å²) in [5, 5.41) is 0. The summed E-state index contributed by atoms with van der Waals surface area (Å²) in [6.07, 6.45) is 0. The van der Waals surface area contributed by atoms with E-state index >= 15 is 0 Å². The SMILES string of the molecule is CN(C)c1ccc([C@@H](CNS(=O)(=O)c2ccc(F)cc2)[NH+](C)C)cc1. The van der Waals surface area contributed by atoms with Crippen LogP contribution >= 0.6 is 0 Å². The summed E-state index contributed by atoms with van der Waals surface area (Å²) in [7, 11) is 4.24. The minimum Gasteiger partial charge on any atom is -0.378 e. The summed E-state index contributed by atoms with van der Waals surface area (Å²) in [5.41, 5.74) is 2.13. The Balaban J connectivity index is 2.15. The van der Waals surface area contributed by atoms with Crippen LogP contribution < -0.4 is 14.5 Å². The highest BCUT2D eigenvalue weighted by Gasteiger charge is 2.22. The summed E-state index contributed by atoms with van der Waals surface area (Å²) < 4.78 is 40.4. The van der Waals surface area contributed by atoms with E-state index in [-0.39, 0.29) is 17.5 Å². The second kappa shape index (κ2) is 7.95. The number of rotatable bonds is 7. The first kappa shape index (κ1) is 19.4. The Morgan fingerprint density at radius 3 is 2.08 bits per heavy atom. The largest absolute Gasteiger partial charge is 0.378 e. The minimum absolute atomic E-state index is 0.0357. The van der Waals surface area contributed by atoms with E-state index in [2.05, 4.69) is 4.72 Å². The zero-order chi connectivity index (χ0) is 18.6. The highest BCUT2D eigenvalue weighted by Crippen LogP contribution is 2.17. The van der Waals surface area contributed by atoms with Crippen LogP contribution in [0.15, 0.2) is 53.4 Å². The molecule has 0 aliphatic heterocycles. The van der Waals surface area contributed by atoms with E-state index in [1.54, 1.807) is 0 Å². The minimum atomic E-state index is -3.67. The molecular formula is C18H25FN3O2S+. The standard InChI is InChI=1S/C18H24FN3O2S/c1-21(2)16-9-5-14(6-10-16)18(22(3)4)13-20-25(23,24)17-11-7-15(19)8-12-17/h5-12,18,20H,13H2,1-4H3/p+1/t18-/m1/s1. The average Bonchev–Trinajstić information content (AvgIpc) is 2.55. The van der Waals surface area contributed by atoms with Crippen LogP contribution in [0.2, 0.25) is 0 Å². The van der Waals surface area contributed by atoms with Crippen LogP contribution in [0.5, 0.6) is 0 Å². The molecular weight excluding hydrogens is 341 g/mol. The third-order valence-electron chi connectivity index (χ3n) is 4.11. The Morgan fingerprint density at radius 2 is 1.60 bits per heavy atom. The Labute approximate surface area is 149 Å². The molecule has 2 rings (SSSR count). The van der Waals surface area contributed by atoms with Crippen molar-refractivity contribution in [1.29, 1.82) is 0 Å². The topological polar surface area (TPSA) is 53.9 Å². The summed E-state index contributed by atoms with van der Waals surface area (Å²) in [5.74, 6) is -0.462. The zero-order valence-corrected chi connectivity index (χ0v) is 15.8. The third kappa shape index (κ3) is 5.01. The van der Waals surface area contributed by atoms with Crippen LogP contribution in [0.25, 0.3) is 0 Å². The normalized spacial score (nSPS) is 13.0. The van der Waals surface area contributed by atoms with E-state index in [9.17, 15) is 12.8 Å². The van der Waals surface area contributed by atoms with Gasteiger partial charge in [-0.3, -0.25) is 0 Å². The fourth-order valence-corrected chi connectivity index (χ4v) is 3.60. The lowest BCUT2D eigenvalue weighted by molar-refractivity contribution is -0.890. The monoisotopic (exact) mass is 366 g/mol. The van der Waals surface area contributed by atoms with Gasteiger partial charge < -0.3 is 9.80 Å². The Kier molecular flexibility index (Phi) is 6.16. The first-order valence-corrected chi connectivity index (χ1v) is 9.51. The number of sulfonamides is 1. The van der Waals surface area contributed by atoms with Crippen LogP contribution in [0.4, 0.5) is 10.1 Å². The second-order valence-electron chi connectivity index (χ2n) is 6.42. The fourth-order valence-electron chi connectivity index (χ4n) is 2.55. The quantitative estimate of drug-likeness (QED) is 0.770. The van der Waals surface area contributed by atoms with Gasteiger partial charge in [-0.2, -0.15) is 0 Å². The van der Waals surface area contributed by atoms with Crippen LogP contribution in [-0.2, 0) is 10.0 Å². The lowest BCUT2D eigenvalue weighted by Gasteiger charge is -2.23. The summed E-state index contributed by atoms with van der Waals surface area (Å²) in [4.78, 5) is 3.18. The molecule has 5 nitrogen and oxygen atoms in total. The molecule has 2 aromatic rings. The van der Waals surface area contributed by atoms with Crippen molar-refractivity contribution < 1.29 is 17.7 Å². The van der Waals surface area contributed by atoms with Gasteiger partial charge in [0.15, 0.2) is 0 Å². The van der Waals surface area contributed by atoms with Crippen molar-refractivity contribution in [3.05, 3.63) is 59.9 Å². The predicted octanol–water partition coefficient (Wildman–Crippen LogP) is 1.06.